The van der Waals surface area contributed by atoms with Crippen LogP contribution in [0.25, 0.3) is 11.1 Å². The predicted molar refractivity (Wildman–Crippen MR) is 137 cm³/mol. The summed E-state index contributed by atoms with van der Waals surface area (Å²) in [4.78, 5) is 9.12. The van der Waals surface area contributed by atoms with Crippen molar-refractivity contribution < 1.29 is 44.6 Å². The molecule has 1 aliphatic heterocycles. The van der Waals surface area contributed by atoms with Gasteiger partial charge in [0.25, 0.3) is 10.0 Å². The number of alkyl halides is 3. The van der Waals surface area contributed by atoms with Crippen LogP contribution in [0.15, 0.2) is 70.7 Å². The Morgan fingerprint density at radius 3 is 2.52 bits per heavy atom. The van der Waals surface area contributed by atoms with Crippen molar-refractivity contribution in [2.45, 2.75) is 24.4 Å². The van der Waals surface area contributed by atoms with E-state index in [9.17, 15) is 35.2 Å². The van der Waals surface area contributed by atoms with Crippen LogP contribution in [0.1, 0.15) is 18.9 Å². The van der Waals surface area contributed by atoms with E-state index in [2.05, 4.69) is 10.5 Å². The third-order valence-corrected chi connectivity index (χ3v) is 7.36. The number of nitrogens with one attached hydrogen (secondary N) is 1. The first-order valence-electron chi connectivity index (χ1n) is 11.6. The van der Waals surface area contributed by atoms with Crippen LogP contribution in [0.4, 0.5) is 27.6 Å². The van der Waals surface area contributed by atoms with E-state index in [-0.39, 0.29) is 35.7 Å². The number of hydrogen-bond acceptors (Lipinski definition) is 6. The number of anilines is 1. The Bertz CT molecular complexity index is 1490. The van der Waals surface area contributed by atoms with E-state index in [1.165, 1.54) is 25.3 Å². The number of carbonyl (C=O) groups is 1. The van der Waals surface area contributed by atoms with E-state index >= 15 is 0 Å². The summed E-state index contributed by atoms with van der Waals surface area (Å²) in [5, 5.41) is 3.56. The van der Waals surface area contributed by atoms with Gasteiger partial charge in [-0.25, -0.2) is 22.6 Å². The van der Waals surface area contributed by atoms with Gasteiger partial charge in [-0.3, -0.25) is 9.10 Å². The van der Waals surface area contributed by atoms with Crippen LogP contribution in [-0.4, -0.2) is 41.0 Å². The van der Waals surface area contributed by atoms with Crippen molar-refractivity contribution in [2.24, 2.45) is 5.10 Å². The van der Waals surface area contributed by atoms with Crippen LogP contribution >= 0.6 is 0 Å². The first kappa shape index (κ1) is 30.3. The molecule has 8 nitrogen and oxygen atoms in total. The molecular weight excluding hydrogens is 561 g/mol. The number of amides is 1. The van der Waals surface area contributed by atoms with Crippen LogP contribution in [0, 0.1) is 11.6 Å². The monoisotopic (exact) mass is 585 g/mol. The Labute approximate surface area is 227 Å². The second-order valence-corrected chi connectivity index (χ2v) is 9.93. The van der Waals surface area contributed by atoms with Crippen LogP contribution in [0.2, 0.25) is 0 Å². The van der Waals surface area contributed by atoms with Crippen molar-refractivity contribution in [3.8, 4) is 16.9 Å². The third kappa shape index (κ3) is 7.05. The molecule has 0 aromatic heterocycles. The summed E-state index contributed by atoms with van der Waals surface area (Å²) in [5.41, 5.74) is 1.14. The fourth-order valence-corrected chi connectivity index (χ4v) is 5.15. The van der Waals surface area contributed by atoms with E-state index in [1.807, 2.05) is 6.92 Å². The maximum absolute atomic E-state index is 14.2. The maximum Gasteiger partial charge on any atom is 0.416 e. The minimum absolute atomic E-state index is 0.0184. The highest BCUT2D eigenvalue weighted by molar-refractivity contribution is 7.92. The lowest BCUT2D eigenvalue weighted by molar-refractivity contribution is -0.137. The Hall–Kier alpha value is -4.20. The minimum atomic E-state index is -4.71. The molecule has 0 bridgehead atoms. The summed E-state index contributed by atoms with van der Waals surface area (Å²) in [5.74, 6) is -0.728. The standard InChI is InChI=1S/C21H14F5NO3S.C5H10N2O2/c22-15-5-6-18(23)17(12-15)13-4-7-20-19(10-13)27(8-9-30-20)31(28,29)16-3-1-2-14(11-16)21(24,25)26;1-3-5(9-2)7-6-4-8/h1-7,10-12H,8-9H2;4H,3H2,1-2H3,(H,6,8)/b;7-5-. The minimum Gasteiger partial charge on any atom is -0.489 e. The van der Waals surface area contributed by atoms with Gasteiger partial charge in [-0.2, -0.15) is 13.2 Å². The zero-order chi connectivity index (χ0) is 29.5. The molecule has 1 aliphatic rings. The van der Waals surface area contributed by atoms with Gasteiger partial charge in [-0.1, -0.05) is 19.1 Å². The van der Waals surface area contributed by atoms with E-state index < -0.39 is 38.3 Å². The van der Waals surface area contributed by atoms with Gasteiger partial charge < -0.3 is 9.47 Å². The number of rotatable bonds is 6. The molecule has 3 aromatic carbocycles. The van der Waals surface area contributed by atoms with E-state index in [0.717, 1.165) is 40.7 Å². The molecule has 0 fully saturated rings. The Balaban J connectivity index is 0.000000424. The van der Waals surface area contributed by atoms with Crippen molar-refractivity contribution in [1.29, 1.82) is 0 Å². The van der Waals surface area contributed by atoms with Crippen molar-refractivity contribution in [3.05, 3.63) is 77.9 Å². The fraction of sp³-hybridized carbons (Fsp3) is 0.231. The number of nitrogens with zero attached hydrogens (tertiary/aromatic N) is 2. The van der Waals surface area contributed by atoms with Crippen LogP contribution in [-0.2, 0) is 25.7 Å². The Morgan fingerprint density at radius 2 is 1.88 bits per heavy atom. The van der Waals surface area contributed by atoms with Crippen LogP contribution < -0.4 is 14.5 Å². The normalized spacial score (nSPS) is 13.4. The zero-order valence-electron chi connectivity index (χ0n) is 21.2. The predicted octanol–water partition coefficient (Wildman–Crippen LogP) is 5.34. The summed E-state index contributed by atoms with van der Waals surface area (Å²) in [7, 11) is -2.88. The molecular formula is C26H24F5N3O5S. The quantitative estimate of drug-likeness (QED) is 0.139. The maximum atomic E-state index is 14.2. The molecule has 3 aromatic rings. The third-order valence-electron chi connectivity index (χ3n) is 5.55. The lowest BCUT2D eigenvalue weighted by Crippen LogP contribution is -2.38. The number of benzene rings is 3. The molecule has 0 spiro atoms. The van der Waals surface area contributed by atoms with Crippen molar-refractivity contribution in [2.75, 3.05) is 24.6 Å². The lowest BCUT2D eigenvalue weighted by Gasteiger charge is -2.31. The van der Waals surface area contributed by atoms with Gasteiger partial charge in [-0.05, 0) is 54.1 Å². The number of hydrogen-bond donors (Lipinski definition) is 1. The number of methoxy groups -OCH3 is 1. The molecule has 1 amide bonds. The molecule has 0 saturated heterocycles. The van der Waals surface area contributed by atoms with Crippen molar-refractivity contribution in [1.82, 2.24) is 5.43 Å². The molecule has 0 unspecified atom stereocenters. The SMILES string of the molecule is CC/C(=N/NC=O)OC.O=S(=O)(c1cccc(C(F)(F)F)c1)N1CCOc2ccc(-c3cc(F)ccc3F)cc21. The Kier molecular flexibility index (Phi) is 9.69. The summed E-state index contributed by atoms with van der Waals surface area (Å²) < 4.78 is 104. The van der Waals surface area contributed by atoms with E-state index in [1.54, 1.807) is 0 Å². The van der Waals surface area contributed by atoms with E-state index in [0.29, 0.717) is 24.8 Å². The average molecular weight is 586 g/mol. The smallest absolute Gasteiger partial charge is 0.416 e. The number of ether oxygens (including phenoxy) is 2. The van der Waals surface area contributed by atoms with E-state index in [4.69, 9.17) is 9.47 Å². The largest absolute Gasteiger partial charge is 0.489 e. The van der Waals surface area contributed by atoms with Gasteiger partial charge >= 0.3 is 6.18 Å². The zero-order valence-corrected chi connectivity index (χ0v) is 22.0. The topological polar surface area (TPSA) is 97.3 Å². The highest BCUT2D eigenvalue weighted by Gasteiger charge is 2.35. The van der Waals surface area contributed by atoms with Crippen LogP contribution in [0.3, 0.4) is 0 Å². The molecule has 1 heterocycles. The molecule has 14 heteroatoms. The van der Waals surface area contributed by atoms with Gasteiger partial charge in [0.15, 0.2) is 0 Å². The second kappa shape index (κ2) is 12.8. The molecule has 1 N–H and O–H groups in total. The highest BCUT2D eigenvalue weighted by Crippen LogP contribution is 2.40. The molecule has 214 valence electrons. The highest BCUT2D eigenvalue weighted by atomic mass is 32.2. The van der Waals surface area contributed by atoms with Gasteiger partial charge in [0.1, 0.15) is 24.0 Å². The molecule has 0 atom stereocenters. The molecule has 40 heavy (non-hydrogen) atoms. The summed E-state index contributed by atoms with van der Waals surface area (Å²) in [6.45, 7) is 1.69. The summed E-state index contributed by atoms with van der Waals surface area (Å²) in [6.07, 6.45) is -3.54. The number of fused-ring (bicyclic) bond motifs is 1. The molecule has 0 aliphatic carbocycles. The van der Waals surface area contributed by atoms with Gasteiger partial charge in [0.2, 0.25) is 12.3 Å². The van der Waals surface area contributed by atoms with Gasteiger partial charge in [0, 0.05) is 12.0 Å². The average Bonchev–Trinajstić information content (AvgIpc) is 2.94. The summed E-state index contributed by atoms with van der Waals surface area (Å²) in [6, 6.07) is 10.4. The number of sulfonamides is 1. The molecule has 4 rings (SSSR count). The first-order chi connectivity index (χ1) is 18.9. The number of carbonyl (C=O) groups excluding carboxylic acids is 1. The van der Waals surface area contributed by atoms with Crippen molar-refractivity contribution >= 4 is 28.0 Å². The molecule has 0 radical (unpaired) electrons. The Morgan fingerprint density at radius 1 is 1.12 bits per heavy atom. The fourth-order valence-electron chi connectivity index (χ4n) is 3.66. The summed E-state index contributed by atoms with van der Waals surface area (Å²) >= 11 is 0. The van der Waals surface area contributed by atoms with Crippen molar-refractivity contribution in [3.63, 3.8) is 0 Å². The molecule has 0 saturated carbocycles. The first-order valence-corrected chi connectivity index (χ1v) is 13.1. The van der Waals surface area contributed by atoms with Gasteiger partial charge in [0.05, 0.1) is 29.8 Å². The number of halogens is 5. The van der Waals surface area contributed by atoms with Crippen LogP contribution in [0.5, 0.6) is 5.75 Å². The number of hydrazone groups is 1. The second-order valence-electron chi connectivity index (χ2n) is 8.07. The lowest BCUT2D eigenvalue weighted by atomic mass is 10.0. The van der Waals surface area contributed by atoms with Gasteiger partial charge in [-0.15, -0.1) is 5.10 Å².